The summed E-state index contributed by atoms with van der Waals surface area (Å²) >= 11 is 0. The molecule has 0 aromatic heterocycles. The minimum Gasteiger partial charge on any atom is -0.378 e. The van der Waals surface area contributed by atoms with E-state index in [2.05, 4.69) is 0 Å². The molecule has 26 heavy (non-hydrogen) atoms. The number of amides is 1. The molecule has 2 fully saturated rings. The molecule has 1 aromatic carbocycles. The lowest BCUT2D eigenvalue weighted by atomic mass is 10.2. The van der Waals surface area contributed by atoms with Gasteiger partial charge in [0.2, 0.25) is 15.9 Å². The van der Waals surface area contributed by atoms with Gasteiger partial charge in [0.1, 0.15) is 6.04 Å². The Kier molecular flexibility index (Phi) is 5.26. The van der Waals surface area contributed by atoms with Crippen LogP contribution in [0.25, 0.3) is 0 Å². The lowest BCUT2D eigenvalue weighted by Crippen LogP contribution is -2.51. The molecule has 1 amide bonds. The van der Waals surface area contributed by atoms with E-state index in [1.54, 1.807) is 11.8 Å². The quantitative estimate of drug-likeness (QED) is 0.565. The van der Waals surface area contributed by atoms with Crippen LogP contribution in [0, 0.1) is 17.0 Å². The molecule has 2 aliphatic heterocycles. The van der Waals surface area contributed by atoms with Gasteiger partial charge in [-0.05, 0) is 25.3 Å². The number of rotatable bonds is 4. The standard InChI is InChI=1S/C16H21N3O6S/c1-12-4-5-13(19(21)22)11-15(12)26(23,24)18-6-2-3-14(18)16(20)17-7-9-25-10-8-17/h4-5,11,14H,2-3,6-10H2,1H3/t14-/m0/s1. The number of non-ortho nitro benzene ring substituents is 1. The van der Waals surface area contributed by atoms with E-state index in [0.29, 0.717) is 44.7 Å². The van der Waals surface area contributed by atoms with Crippen LogP contribution in [0.5, 0.6) is 0 Å². The van der Waals surface area contributed by atoms with Crippen molar-refractivity contribution >= 4 is 21.6 Å². The van der Waals surface area contributed by atoms with Gasteiger partial charge in [-0.3, -0.25) is 14.9 Å². The van der Waals surface area contributed by atoms with Gasteiger partial charge in [-0.2, -0.15) is 4.31 Å². The van der Waals surface area contributed by atoms with Crippen LogP contribution in [-0.2, 0) is 19.6 Å². The van der Waals surface area contributed by atoms with Gasteiger partial charge in [0.05, 0.1) is 23.0 Å². The molecule has 0 aliphatic carbocycles. The number of ether oxygens (including phenoxy) is 1. The summed E-state index contributed by atoms with van der Waals surface area (Å²) in [6.45, 7) is 3.58. The highest BCUT2D eigenvalue weighted by atomic mass is 32.2. The van der Waals surface area contributed by atoms with Gasteiger partial charge in [-0.25, -0.2) is 8.42 Å². The Hall–Kier alpha value is -2.04. The molecule has 2 saturated heterocycles. The second-order valence-corrected chi connectivity index (χ2v) is 8.28. The number of morpholine rings is 1. The third-order valence-corrected chi connectivity index (χ3v) is 6.83. The molecule has 3 rings (SSSR count). The maximum atomic E-state index is 13.1. The van der Waals surface area contributed by atoms with E-state index in [-0.39, 0.29) is 23.0 Å². The monoisotopic (exact) mass is 383 g/mol. The van der Waals surface area contributed by atoms with Crippen LogP contribution in [0.15, 0.2) is 23.1 Å². The maximum Gasteiger partial charge on any atom is 0.270 e. The van der Waals surface area contributed by atoms with Crippen molar-refractivity contribution in [3.8, 4) is 0 Å². The number of nitrogens with zero attached hydrogens (tertiary/aromatic N) is 3. The average Bonchev–Trinajstić information content (AvgIpc) is 3.12. The zero-order valence-electron chi connectivity index (χ0n) is 14.5. The van der Waals surface area contributed by atoms with Crippen LogP contribution >= 0.6 is 0 Å². The number of nitro groups is 1. The maximum absolute atomic E-state index is 13.1. The Morgan fingerprint density at radius 3 is 2.62 bits per heavy atom. The van der Waals surface area contributed by atoms with Crippen LogP contribution in [0.4, 0.5) is 5.69 Å². The Bertz CT molecular complexity index is 819. The first-order valence-corrected chi connectivity index (χ1v) is 9.90. The van der Waals surface area contributed by atoms with Crippen LogP contribution in [0.3, 0.4) is 0 Å². The van der Waals surface area contributed by atoms with Gasteiger partial charge in [-0.1, -0.05) is 6.07 Å². The molecule has 0 radical (unpaired) electrons. The Morgan fingerprint density at radius 2 is 1.96 bits per heavy atom. The number of hydrogen-bond acceptors (Lipinski definition) is 6. The average molecular weight is 383 g/mol. The minimum absolute atomic E-state index is 0.117. The van der Waals surface area contributed by atoms with E-state index in [1.165, 1.54) is 16.4 Å². The predicted octanol–water partition coefficient (Wildman–Crippen LogP) is 0.915. The van der Waals surface area contributed by atoms with Crippen molar-refractivity contribution in [2.75, 3.05) is 32.8 Å². The Balaban J connectivity index is 1.92. The Morgan fingerprint density at radius 1 is 1.27 bits per heavy atom. The Labute approximate surface area is 151 Å². The molecule has 1 atom stereocenters. The smallest absolute Gasteiger partial charge is 0.270 e. The molecule has 1 aromatic rings. The van der Waals surface area contributed by atoms with E-state index in [0.717, 1.165) is 6.07 Å². The summed E-state index contributed by atoms with van der Waals surface area (Å²) in [5.41, 5.74) is 0.129. The molecule has 2 aliphatic rings. The second kappa shape index (κ2) is 7.29. The van der Waals surface area contributed by atoms with Crippen molar-refractivity contribution in [2.45, 2.75) is 30.7 Å². The molecular formula is C16H21N3O6S. The first kappa shape index (κ1) is 18.7. The molecule has 10 heteroatoms. The zero-order valence-corrected chi connectivity index (χ0v) is 15.3. The topological polar surface area (TPSA) is 110 Å². The number of nitro benzene ring substituents is 1. The van der Waals surface area contributed by atoms with Crippen molar-refractivity contribution in [1.82, 2.24) is 9.21 Å². The summed E-state index contributed by atoms with van der Waals surface area (Å²) in [6, 6.07) is 2.99. The highest BCUT2D eigenvalue weighted by Gasteiger charge is 2.42. The predicted molar refractivity (Wildman–Crippen MR) is 92.1 cm³/mol. The number of carbonyl (C=O) groups excluding carboxylic acids is 1. The summed E-state index contributed by atoms with van der Waals surface area (Å²) in [4.78, 5) is 24.7. The molecular weight excluding hydrogens is 362 g/mol. The molecule has 0 saturated carbocycles. The highest BCUT2D eigenvalue weighted by molar-refractivity contribution is 7.89. The van der Waals surface area contributed by atoms with Crippen LogP contribution in [0.2, 0.25) is 0 Å². The van der Waals surface area contributed by atoms with Gasteiger partial charge in [0.25, 0.3) is 5.69 Å². The SMILES string of the molecule is Cc1ccc([N+](=O)[O-])cc1S(=O)(=O)N1CCC[C@H]1C(=O)N1CCOCC1. The summed E-state index contributed by atoms with van der Waals surface area (Å²) in [5, 5.41) is 11.0. The lowest BCUT2D eigenvalue weighted by molar-refractivity contribution is -0.385. The fourth-order valence-electron chi connectivity index (χ4n) is 3.38. The van der Waals surface area contributed by atoms with Crippen LogP contribution in [0.1, 0.15) is 18.4 Å². The van der Waals surface area contributed by atoms with E-state index >= 15 is 0 Å². The van der Waals surface area contributed by atoms with Crippen LogP contribution < -0.4 is 0 Å². The van der Waals surface area contributed by atoms with Gasteiger partial charge < -0.3 is 9.64 Å². The van der Waals surface area contributed by atoms with Crippen molar-refractivity contribution < 1.29 is 22.9 Å². The summed E-state index contributed by atoms with van der Waals surface area (Å²) in [6.07, 6.45) is 1.03. The number of sulfonamides is 1. The lowest BCUT2D eigenvalue weighted by Gasteiger charge is -2.32. The van der Waals surface area contributed by atoms with Gasteiger partial charge >= 0.3 is 0 Å². The van der Waals surface area contributed by atoms with Gasteiger partial charge in [0, 0.05) is 31.8 Å². The molecule has 9 nitrogen and oxygen atoms in total. The van der Waals surface area contributed by atoms with Crippen LogP contribution in [-0.4, -0.2) is 67.3 Å². The summed E-state index contributed by atoms with van der Waals surface area (Å²) < 4.78 is 32.7. The first-order valence-electron chi connectivity index (χ1n) is 8.46. The van der Waals surface area contributed by atoms with E-state index < -0.39 is 21.0 Å². The summed E-state index contributed by atoms with van der Waals surface area (Å²) in [7, 11) is -4.01. The molecule has 0 bridgehead atoms. The molecule has 0 spiro atoms. The van der Waals surface area contributed by atoms with Crippen molar-refractivity contribution in [2.24, 2.45) is 0 Å². The number of benzene rings is 1. The fraction of sp³-hybridized carbons (Fsp3) is 0.562. The van der Waals surface area contributed by atoms with Gasteiger partial charge in [-0.15, -0.1) is 0 Å². The van der Waals surface area contributed by atoms with E-state index in [1.807, 2.05) is 0 Å². The number of hydrogen-bond donors (Lipinski definition) is 0. The molecule has 0 unspecified atom stereocenters. The number of carbonyl (C=O) groups is 1. The third kappa shape index (κ3) is 3.44. The first-order chi connectivity index (χ1) is 12.3. The largest absolute Gasteiger partial charge is 0.378 e. The van der Waals surface area contributed by atoms with E-state index in [4.69, 9.17) is 4.74 Å². The van der Waals surface area contributed by atoms with Crippen molar-refractivity contribution in [3.05, 3.63) is 33.9 Å². The molecule has 2 heterocycles. The number of aryl methyl sites for hydroxylation is 1. The van der Waals surface area contributed by atoms with Crippen molar-refractivity contribution in [1.29, 1.82) is 0 Å². The van der Waals surface area contributed by atoms with Gasteiger partial charge in [0.15, 0.2) is 0 Å². The second-order valence-electron chi connectivity index (χ2n) is 6.42. The fourth-order valence-corrected chi connectivity index (χ4v) is 5.27. The zero-order chi connectivity index (χ0) is 18.9. The van der Waals surface area contributed by atoms with E-state index in [9.17, 15) is 23.3 Å². The normalized spacial score (nSPS) is 21.7. The molecule has 142 valence electrons. The molecule has 0 N–H and O–H groups in total. The highest BCUT2D eigenvalue weighted by Crippen LogP contribution is 2.31. The third-order valence-electron chi connectivity index (χ3n) is 4.78. The summed E-state index contributed by atoms with van der Waals surface area (Å²) in [5.74, 6) is -0.225. The van der Waals surface area contributed by atoms with Crippen molar-refractivity contribution in [3.63, 3.8) is 0 Å². The minimum atomic E-state index is -4.01.